The minimum absolute atomic E-state index is 0.0574. The number of rotatable bonds is 2. The van der Waals surface area contributed by atoms with Crippen LogP contribution < -0.4 is 0 Å². The van der Waals surface area contributed by atoms with Gasteiger partial charge in [-0.25, -0.2) is 0 Å². The molecule has 1 aromatic carbocycles. The molecule has 1 saturated carbocycles. The smallest absolute Gasteiger partial charge is 0.226 e. The van der Waals surface area contributed by atoms with Crippen molar-refractivity contribution in [3.63, 3.8) is 0 Å². The van der Waals surface area contributed by atoms with Crippen LogP contribution in [0.5, 0.6) is 0 Å². The molecule has 2 aliphatic heterocycles. The summed E-state index contributed by atoms with van der Waals surface area (Å²) >= 11 is 0. The Hall–Kier alpha value is -2.37. The predicted octanol–water partition coefficient (Wildman–Crippen LogP) is 0.898. The van der Waals surface area contributed by atoms with Gasteiger partial charge in [0.05, 0.1) is 11.8 Å². The zero-order valence-electron chi connectivity index (χ0n) is 15.2. The van der Waals surface area contributed by atoms with Crippen LogP contribution in [0.1, 0.15) is 24.5 Å². The van der Waals surface area contributed by atoms with Gasteiger partial charge in [-0.05, 0) is 24.0 Å². The van der Waals surface area contributed by atoms with Crippen LogP contribution in [0.4, 0.5) is 0 Å². The topological polar surface area (TPSA) is 60.9 Å². The van der Waals surface area contributed by atoms with Crippen molar-refractivity contribution in [2.45, 2.75) is 26.3 Å². The van der Waals surface area contributed by atoms with E-state index in [0.29, 0.717) is 39.1 Å². The maximum absolute atomic E-state index is 12.8. The minimum atomic E-state index is -0.163. The molecule has 6 nitrogen and oxygen atoms in total. The Morgan fingerprint density at radius 2 is 1.38 bits per heavy atom. The number of carbonyl (C=O) groups is 3. The zero-order valence-corrected chi connectivity index (χ0v) is 15.2. The summed E-state index contributed by atoms with van der Waals surface area (Å²) in [6.45, 7) is 5.29. The van der Waals surface area contributed by atoms with Gasteiger partial charge in [-0.3, -0.25) is 14.4 Å². The molecule has 0 spiro atoms. The highest BCUT2D eigenvalue weighted by molar-refractivity contribution is 5.92. The molecule has 1 aromatic rings. The molecule has 0 N–H and O–H groups in total. The van der Waals surface area contributed by atoms with E-state index in [2.05, 4.69) is 12.1 Å². The highest BCUT2D eigenvalue weighted by atomic mass is 16.2. The lowest BCUT2D eigenvalue weighted by Gasteiger charge is -2.34. The molecule has 4 rings (SSSR count). The molecule has 2 heterocycles. The zero-order chi connectivity index (χ0) is 18.3. The van der Waals surface area contributed by atoms with Gasteiger partial charge in [0, 0.05) is 46.2 Å². The van der Waals surface area contributed by atoms with Crippen LogP contribution in [-0.2, 0) is 27.3 Å². The summed E-state index contributed by atoms with van der Waals surface area (Å²) in [5.41, 5.74) is 2.54. The number of piperazine rings is 1. The van der Waals surface area contributed by atoms with Gasteiger partial charge in [0.15, 0.2) is 0 Å². The van der Waals surface area contributed by atoms with E-state index in [-0.39, 0.29) is 29.6 Å². The van der Waals surface area contributed by atoms with Crippen LogP contribution in [0.15, 0.2) is 24.3 Å². The Kier molecular flexibility index (Phi) is 4.42. The third kappa shape index (κ3) is 3.20. The van der Waals surface area contributed by atoms with Crippen molar-refractivity contribution in [2.75, 3.05) is 32.7 Å². The Labute approximate surface area is 153 Å². The summed E-state index contributed by atoms with van der Waals surface area (Å²) in [6, 6.07) is 8.26. The van der Waals surface area contributed by atoms with Gasteiger partial charge >= 0.3 is 0 Å². The second kappa shape index (κ2) is 6.74. The highest BCUT2D eigenvalue weighted by Crippen LogP contribution is 2.42. The number of amides is 3. The number of nitrogens with zero attached hydrogens (tertiary/aromatic N) is 3. The third-order valence-electron chi connectivity index (χ3n) is 5.90. The first-order valence-corrected chi connectivity index (χ1v) is 9.44. The molecule has 2 atom stereocenters. The average molecular weight is 355 g/mol. The fourth-order valence-corrected chi connectivity index (χ4v) is 4.14. The fraction of sp³-hybridized carbons (Fsp3) is 0.550. The number of hydrogen-bond acceptors (Lipinski definition) is 3. The van der Waals surface area contributed by atoms with Crippen LogP contribution in [0.3, 0.4) is 0 Å². The van der Waals surface area contributed by atoms with Crippen LogP contribution >= 0.6 is 0 Å². The molecule has 1 saturated heterocycles. The SMILES string of the molecule is CC(=O)N1CCN(C(=O)C2CC2C(=O)N2CCc3ccccc3C2)CC1. The molecule has 3 aliphatic rings. The van der Waals surface area contributed by atoms with E-state index in [4.69, 9.17) is 0 Å². The Morgan fingerprint density at radius 1 is 0.808 bits per heavy atom. The first-order chi connectivity index (χ1) is 12.5. The second-order valence-electron chi connectivity index (χ2n) is 7.56. The van der Waals surface area contributed by atoms with E-state index in [9.17, 15) is 14.4 Å². The summed E-state index contributed by atoms with van der Waals surface area (Å²) in [5.74, 6) is -0.0479. The van der Waals surface area contributed by atoms with Crippen LogP contribution in [0.2, 0.25) is 0 Å². The third-order valence-corrected chi connectivity index (χ3v) is 5.90. The Balaban J connectivity index is 1.32. The molecule has 1 aliphatic carbocycles. The molecule has 0 radical (unpaired) electrons. The molecule has 0 bridgehead atoms. The normalized spacial score (nSPS) is 24.9. The molecule has 2 fully saturated rings. The van der Waals surface area contributed by atoms with Crippen molar-refractivity contribution in [1.29, 1.82) is 0 Å². The fourth-order valence-electron chi connectivity index (χ4n) is 4.14. The van der Waals surface area contributed by atoms with Gasteiger partial charge in [-0.1, -0.05) is 24.3 Å². The first kappa shape index (κ1) is 17.1. The summed E-state index contributed by atoms with van der Waals surface area (Å²) in [7, 11) is 0. The molecule has 138 valence electrons. The van der Waals surface area contributed by atoms with Crippen molar-refractivity contribution in [1.82, 2.24) is 14.7 Å². The van der Waals surface area contributed by atoms with E-state index in [0.717, 1.165) is 13.0 Å². The standard InChI is InChI=1S/C20H25N3O3/c1-14(24)21-8-10-22(11-9-21)19(25)17-12-18(17)20(26)23-7-6-15-4-2-3-5-16(15)13-23/h2-5,17-18H,6-13H2,1H3. The number of fused-ring (bicyclic) bond motifs is 1. The first-order valence-electron chi connectivity index (χ1n) is 9.44. The van der Waals surface area contributed by atoms with Crippen LogP contribution in [-0.4, -0.2) is 65.1 Å². The highest BCUT2D eigenvalue weighted by Gasteiger charge is 2.51. The summed E-state index contributed by atoms with van der Waals surface area (Å²) in [4.78, 5) is 42.4. The Bertz CT molecular complexity index is 740. The molecule has 3 amide bonds. The van der Waals surface area contributed by atoms with Crippen LogP contribution in [0, 0.1) is 11.8 Å². The van der Waals surface area contributed by atoms with E-state index in [1.165, 1.54) is 11.1 Å². The summed E-state index contributed by atoms with van der Waals surface area (Å²) < 4.78 is 0. The molecule has 2 unspecified atom stereocenters. The molecule has 0 aromatic heterocycles. The Morgan fingerprint density at radius 3 is 2.04 bits per heavy atom. The predicted molar refractivity (Wildman–Crippen MR) is 96.0 cm³/mol. The number of carbonyl (C=O) groups excluding carboxylic acids is 3. The van der Waals surface area contributed by atoms with Gasteiger partial charge in [-0.2, -0.15) is 0 Å². The lowest BCUT2D eigenvalue weighted by atomic mass is 9.99. The minimum Gasteiger partial charge on any atom is -0.339 e. The van der Waals surface area contributed by atoms with E-state index in [1.807, 2.05) is 21.9 Å². The molecular formula is C20H25N3O3. The summed E-state index contributed by atoms with van der Waals surface area (Å²) in [5, 5.41) is 0. The summed E-state index contributed by atoms with van der Waals surface area (Å²) in [6.07, 6.45) is 1.56. The molecule has 26 heavy (non-hydrogen) atoms. The van der Waals surface area contributed by atoms with Crippen molar-refractivity contribution in [2.24, 2.45) is 11.8 Å². The average Bonchev–Trinajstić information content (AvgIpc) is 3.47. The maximum atomic E-state index is 12.8. The monoisotopic (exact) mass is 355 g/mol. The molecular weight excluding hydrogens is 330 g/mol. The van der Waals surface area contributed by atoms with E-state index < -0.39 is 0 Å². The van der Waals surface area contributed by atoms with Crippen molar-refractivity contribution in [3.05, 3.63) is 35.4 Å². The van der Waals surface area contributed by atoms with Gasteiger partial charge < -0.3 is 14.7 Å². The van der Waals surface area contributed by atoms with E-state index in [1.54, 1.807) is 11.8 Å². The number of hydrogen-bond donors (Lipinski definition) is 0. The van der Waals surface area contributed by atoms with Gasteiger partial charge in [-0.15, -0.1) is 0 Å². The second-order valence-corrected chi connectivity index (χ2v) is 7.56. The van der Waals surface area contributed by atoms with Crippen molar-refractivity contribution >= 4 is 17.7 Å². The van der Waals surface area contributed by atoms with Gasteiger partial charge in [0.2, 0.25) is 17.7 Å². The van der Waals surface area contributed by atoms with E-state index >= 15 is 0 Å². The number of benzene rings is 1. The van der Waals surface area contributed by atoms with Crippen molar-refractivity contribution in [3.8, 4) is 0 Å². The largest absolute Gasteiger partial charge is 0.339 e. The van der Waals surface area contributed by atoms with Gasteiger partial charge in [0.25, 0.3) is 0 Å². The van der Waals surface area contributed by atoms with Gasteiger partial charge in [0.1, 0.15) is 0 Å². The van der Waals surface area contributed by atoms with Crippen LogP contribution in [0.25, 0.3) is 0 Å². The lowest BCUT2D eigenvalue weighted by molar-refractivity contribution is -0.141. The van der Waals surface area contributed by atoms with Crippen molar-refractivity contribution < 1.29 is 14.4 Å². The molecule has 6 heteroatoms. The quantitative estimate of drug-likeness (QED) is 0.792. The maximum Gasteiger partial charge on any atom is 0.226 e. The lowest BCUT2D eigenvalue weighted by Crippen LogP contribution is -2.50.